The first kappa shape index (κ1) is 18.9. The highest BCUT2D eigenvalue weighted by molar-refractivity contribution is 8.12. The van der Waals surface area contributed by atoms with Crippen LogP contribution in [0.4, 0.5) is 25.8 Å². The normalized spacial score (nSPS) is 13.3. The van der Waals surface area contributed by atoms with Gasteiger partial charge in [0, 0.05) is 17.8 Å². The van der Waals surface area contributed by atoms with Crippen LogP contribution in [0.3, 0.4) is 0 Å². The summed E-state index contributed by atoms with van der Waals surface area (Å²) < 4.78 is 2.19. The number of urea groups is 2. The van der Waals surface area contributed by atoms with Gasteiger partial charge in [0.05, 0.1) is 29.1 Å². The number of rotatable bonds is 4. The molecule has 1 aromatic rings. The first-order valence-electron chi connectivity index (χ1n) is 6.99. The van der Waals surface area contributed by atoms with E-state index in [9.17, 15) is 24.5 Å². The lowest BCUT2D eigenvalue weighted by atomic mass is 10.3. The Morgan fingerprint density at radius 3 is 2.69 bits per heavy atom. The highest BCUT2D eigenvalue weighted by Gasteiger charge is 2.19. The molecule has 1 aromatic carbocycles. The molecule has 138 valence electrons. The maximum atomic E-state index is 11.7. The summed E-state index contributed by atoms with van der Waals surface area (Å²) in [7, 11) is 0. The van der Waals surface area contributed by atoms with E-state index in [0.29, 0.717) is 23.3 Å². The van der Waals surface area contributed by atoms with Crippen LogP contribution in [0.15, 0.2) is 29.4 Å². The molecule has 0 atom stereocenters. The van der Waals surface area contributed by atoms with Gasteiger partial charge in [-0.3, -0.25) is 25.1 Å². The molecule has 26 heavy (non-hydrogen) atoms. The number of hydrogen-bond acceptors (Lipinski definition) is 8. The lowest BCUT2D eigenvalue weighted by Crippen LogP contribution is -2.59. The Bertz CT molecular complexity index is 752. The van der Waals surface area contributed by atoms with Crippen molar-refractivity contribution in [3.8, 4) is 0 Å². The standard InChI is InChI=1S/C12H14N8O5S/c1-7-6-19(11(22)16-14-7)18-15-10(21)17-26-12(23)13-8-2-4-9(5-3-8)20(24)25/h2-5,18H,6H2,1H3,(H,13,23)(H,16,22)(H2,15,17,21). The summed E-state index contributed by atoms with van der Waals surface area (Å²) in [6, 6.07) is 3.86. The fourth-order valence-corrected chi connectivity index (χ4v) is 2.08. The lowest BCUT2D eigenvalue weighted by molar-refractivity contribution is -0.384. The van der Waals surface area contributed by atoms with E-state index in [1.807, 2.05) is 0 Å². The molecular formula is C12H14N8O5S. The van der Waals surface area contributed by atoms with Crippen molar-refractivity contribution in [1.29, 1.82) is 0 Å². The number of non-ortho nitro benzene ring substituents is 1. The Kier molecular flexibility index (Phi) is 6.29. The second-order valence-corrected chi connectivity index (χ2v) is 5.62. The zero-order valence-corrected chi connectivity index (χ0v) is 14.1. The van der Waals surface area contributed by atoms with Gasteiger partial charge in [-0.05, 0) is 19.1 Å². The van der Waals surface area contributed by atoms with Crippen molar-refractivity contribution in [3.63, 3.8) is 0 Å². The molecule has 0 aliphatic carbocycles. The topological polar surface area (TPSA) is 170 Å². The van der Waals surface area contributed by atoms with E-state index in [1.165, 1.54) is 24.3 Å². The van der Waals surface area contributed by atoms with Gasteiger partial charge in [-0.15, -0.1) is 5.53 Å². The van der Waals surface area contributed by atoms with Crippen LogP contribution in [0.5, 0.6) is 0 Å². The summed E-state index contributed by atoms with van der Waals surface area (Å²) >= 11 is 0.449. The number of hydrazone groups is 1. The van der Waals surface area contributed by atoms with Crippen molar-refractivity contribution >= 4 is 46.3 Å². The van der Waals surface area contributed by atoms with E-state index in [1.54, 1.807) is 6.92 Å². The molecule has 2 rings (SSSR count). The Morgan fingerprint density at radius 2 is 2.04 bits per heavy atom. The predicted octanol–water partition coefficient (Wildman–Crippen LogP) is 0.895. The van der Waals surface area contributed by atoms with Gasteiger partial charge >= 0.3 is 17.3 Å². The van der Waals surface area contributed by atoms with Crippen LogP contribution >= 0.6 is 11.9 Å². The number of nitrogens with one attached hydrogen (secondary N) is 5. The number of nitrogens with zero attached hydrogens (tertiary/aromatic N) is 3. The Morgan fingerprint density at radius 1 is 1.35 bits per heavy atom. The molecule has 0 saturated carbocycles. The average Bonchev–Trinajstić information content (AvgIpc) is 2.61. The fourth-order valence-electron chi connectivity index (χ4n) is 1.68. The van der Waals surface area contributed by atoms with Gasteiger partial charge in [0.2, 0.25) is 0 Å². The van der Waals surface area contributed by atoms with E-state index < -0.39 is 22.2 Å². The molecule has 0 fully saturated rings. The van der Waals surface area contributed by atoms with Crippen molar-refractivity contribution in [1.82, 2.24) is 26.1 Å². The largest absolute Gasteiger partial charge is 0.353 e. The molecule has 0 saturated heterocycles. The van der Waals surface area contributed by atoms with Gasteiger partial charge in [-0.25, -0.2) is 20.0 Å². The number of carbonyl (C=O) groups excluding carboxylic acids is 3. The van der Waals surface area contributed by atoms with Gasteiger partial charge in [0.15, 0.2) is 0 Å². The van der Waals surface area contributed by atoms with Gasteiger partial charge in [0.1, 0.15) is 0 Å². The predicted molar refractivity (Wildman–Crippen MR) is 92.9 cm³/mol. The number of nitro groups is 1. The molecular weight excluding hydrogens is 368 g/mol. The minimum atomic E-state index is -0.776. The van der Waals surface area contributed by atoms with E-state index in [0.717, 1.165) is 5.01 Å². The second-order valence-electron chi connectivity index (χ2n) is 4.84. The van der Waals surface area contributed by atoms with E-state index >= 15 is 0 Å². The molecule has 1 aliphatic heterocycles. The monoisotopic (exact) mass is 382 g/mol. The molecule has 5 amide bonds. The number of amides is 5. The van der Waals surface area contributed by atoms with Crippen LogP contribution in [0, 0.1) is 10.1 Å². The third kappa shape index (κ3) is 5.60. The average molecular weight is 382 g/mol. The van der Waals surface area contributed by atoms with Crippen molar-refractivity contribution in [2.45, 2.75) is 6.92 Å². The van der Waals surface area contributed by atoms with Gasteiger partial charge in [0.25, 0.3) is 5.69 Å². The number of benzene rings is 1. The minimum absolute atomic E-state index is 0.110. The third-order valence-electron chi connectivity index (χ3n) is 2.84. The molecule has 0 bridgehead atoms. The zero-order valence-electron chi connectivity index (χ0n) is 13.3. The van der Waals surface area contributed by atoms with Crippen LogP contribution in [0.25, 0.3) is 0 Å². The Hall–Kier alpha value is -3.39. The molecule has 5 N–H and O–H groups in total. The number of hydrazine groups is 2. The number of carbonyl (C=O) groups is 3. The van der Waals surface area contributed by atoms with Crippen LogP contribution in [0.1, 0.15) is 6.92 Å². The van der Waals surface area contributed by atoms with Crippen LogP contribution < -0.4 is 26.4 Å². The molecule has 0 unspecified atom stereocenters. The van der Waals surface area contributed by atoms with Gasteiger partial charge in [-0.1, -0.05) is 0 Å². The summed E-state index contributed by atoms with van der Waals surface area (Å²) in [6.45, 7) is 1.85. The van der Waals surface area contributed by atoms with E-state index in [4.69, 9.17) is 0 Å². The maximum absolute atomic E-state index is 11.7. The van der Waals surface area contributed by atoms with Crippen LogP contribution in [-0.4, -0.2) is 39.5 Å². The van der Waals surface area contributed by atoms with Crippen molar-refractivity contribution in [2.75, 3.05) is 11.9 Å². The second kappa shape index (κ2) is 8.63. The molecule has 1 aliphatic rings. The molecule has 0 radical (unpaired) electrons. The fraction of sp³-hybridized carbons (Fsp3) is 0.167. The van der Waals surface area contributed by atoms with Crippen molar-refractivity contribution in [2.24, 2.45) is 5.10 Å². The molecule has 1 heterocycles. The molecule has 14 heteroatoms. The first-order chi connectivity index (χ1) is 12.3. The lowest BCUT2D eigenvalue weighted by Gasteiger charge is -2.25. The minimum Gasteiger partial charge on any atom is -0.315 e. The summed E-state index contributed by atoms with van der Waals surface area (Å²) in [5, 5.41) is 17.1. The molecule has 13 nitrogen and oxygen atoms in total. The highest BCUT2D eigenvalue weighted by Crippen LogP contribution is 2.16. The van der Waals surface area contributed by atoms with Crippen molar-refractivity contribution < 1.29 is 19.3 Å². The SMILES string of the molecule is CC1=NNC(=O)N(NNC(=O)NSC(=O)Nc2ccc([N+](=O)[O-])cc2)C1. The van der Waals surface area contributed by atoms with Crippen LogP contribution in [-0.2, 0) is 0 Å². The van der Waals surface area contributed by atoms with E-state index in [-0.39, 0.29) is 12.2 Å². The number of anilines is 1. The van der Waals surface area contributed by atoms with Gasteiger partial charge < -0.3 is 5.32 Å². The quantitative estimate of drug-likeness (QED) is 0.292. The summed E-state index contributed by atoms with van der Waals surface area (Å²) in [5.74, 6) is 0. The number of hydrogen-bond donors (Lipinski definition) is 5. The highest BCUT2D eigenvalue weighted by atomic mass is 32.2. The summed E-state index contributed by atoms with van der Waals surface area (Å²) in [5.41, 5.74) is 7.60. The van der Waals surface area contributed by atoms with Crippen LogP contribution in [0.2, 0.25) is 0 Å². The van der Waals surface area contributed by atoms with Crippen molar-refractivity contribution in [3.05, 3.63) is 34.4 Å². The Balaban J connectivity index is 1.71. The van der Waals surface area contributed by atoms with Gasteiger partial charge in [-0.2, -0.15) is 5.10 Å². The Labute approximate surface area is 150 Å². The zero-order chi connectivity index (χ0) is 19.1. The third-order valence-corrected chi connectivity index (χ3v) is 3.41. The number of nitro benzene ring substituents is 1. The summed E-state index contributed by atoms with van der Waals surface area (Å²) in [4.78, 5) is 44.7. The van der Waals surface area contributed by atoms with E-state index in [2.05, 4.69) is 31.5 Å². The maximum Gasteiger partial charge on any atom is 0.353 e. The molecule has 0 aromatic heterocycles. The first-order valence-corrected chi connectivity index (χ1v) is 7.81. The smallest absolute Gasteiger partial charge is 0.315 e. The summed E-state index contributed by atoms with van der Waals surface area (Å²) in [6.07, 6.45) is 0. The molecule has 0 spiro atoms.